The third-order valence-corrected chi connectivity index (χ3v) is 5.12. The van der Waals surface area contributed by atoms with E-state index in [9.17, 15) is 20.2 Å². The SMILES string of the molecule is Cc1cccc2c(/C=C(\C#N)C(=O)c3cccc([N+](=O)[O-])c3)c(-c3ccccc3)[nH]c12. The van der Waals surface area contributed by atoms with Crippen LogP contribution in [0.3, 0.4) is 0 Å². The molecule has 0 saturated carbocycles. The summed E-state index contributed by atoms with van der Waals surface area (Å²) in [5.74, 6) is -0.563. The molecule has 3 aromatic carbocycles. The fourth-order valence-corrected chi connectivity index (χ4v) is 3.58. The number of rotatable bonds is 5. The number of H-pyrrole nitrogens is 1. The Morgan fingerprint density at radius 2 is 1.81 bits per heavy atom. The number of aromatic amines is 1. The molecule has 0 spiro atoms. The van der Waals surface area contributed by atoms with Gasteiger partial charge in [-0.2, -0.15) is 5.26 Å². The van der Waals surface area contributed by atoms with Crippen molar-refractivity contribution in [2.75, 3.05) is 0 Å². The average Bonchev–Trinajstić information content (AvgIpc) is 3.17. The summed E-state index contributed by atoms with van der Waals surface area (Å²) in [5, 5.41) is 21.7. The van der Waals surface area contributed by atoms with E-state index < -0.39 is 10.7 Å². The Labute approximate surface area is 178 Å². The van der Waals surface area contributed by atoms with E-state index in [-0.39, 0.29) is 16.8 Å². The lowest BCUT2D eigenvalue weighted by atomic mass is 9.98. The number of ketones is 1. The molecule has 0 unspecified atom stereocenters. The van der Waals surface area contributed by atoms with Crippen molar-refractivity contribution < 1.29 is 9.72 Å². The van der Waals surface area contributed by atoms with Crippen LogP contribution < -0.4 is 0 Å². The zero-order valence-electron chi connectivity index (χ0n) is 16.6. The molecule has 0 radical (unpaired) electrons. The van der Waals surface area contributed by atoms with Crippen molar-refractivity contribution in [2.24, 2.45) is 0 Å². The van der Waals surface area contributed by atoms with E-state index in [1.165, 1.54) is 24.3 Å². The summed E-state index contributed by atoms with van der Waals surface area (Å²) < 4.78 is 0. The molecular weight excluding hydrogens is 390 g/mol. The van der Waals surface area contributed by atoms with Crippen LogP contribution in [-0.2, 0) is 0 Å². The van der Waals surface area contributed by atoms with E-state index in [1.807, 2.05) is 61.5 Å². The van der Waals surface area contributed by atoms with Gasteiger partial charge >= 0.3 is 0 Å². The highest BCUT2D eigenvalue weighted by Gasteiger charge is 2.19. The number of nitro groups is 1. The van der Waals surface area contributed by atoms with Crippen LogP contribution in [0.5, 0.6) is 0 Å². The fraction of sp³-hybridized carbons (Fsp3) is 0.0400. The summed E-state index contributed by atoms with van der Waals surface area (Å²) in [6, 6.07) is 22.9. The van der Waals surface area contributed by atoms with Gasteiger partial charge in [-0.1, -0.05) is 60.7 Å². The van der Waals surface area contributed by atoms with Gasteiger partial charge in [-0.3, -0.25) is 14.9 Å². The molecule has 150 valence electrons. The van der Waals surface area contributed by atoms with Crippen molar-refractivity contribution in [2.45, 2.75) is 6.92 Å². The van der Waals surface area contributed by atoms with Crippen molar-refractivity contribution in [1.82, 2.24) is 4.98 Å². The highest BCUT2D eigenvalue weighted by atomic mass is 16.6. The van der Waals surface area contributed by atoms with E-state index in [2.05, 4.69) is 4.98 Å². The van der Waals surface area contributed by atoms with Gasteiger partial charge in [-0.15, -0.1) is 0 Å². The number of para-hydroxylation sites is 1. The van der Waals surface area contributed by atoms with E-state index in [0.29, 0.717) is 0 Å². The number of non-ortho nitro benzene ring substituents is 1. The minimum absolute atomic E-state index is 0.0966. The van der Waals surface area contributed by atoms with Crippen LogP contribution in [0.2, 0.25) is 0 Å². The van der Waals surface area contributed by atoms with Crippen LogP contribution in [0.4, 0.5) is 5.69 Å². The van der Waals surface area contributed by atoms with Gasteiger partial charge in [0.25, 0.3) is 5.69 Å². The summed E-state index contributed by atoms with van der Waals surface area (Å²) in [4.78, 5) is 26.9. The Morgan fingerprint density at radius 1 is 1.06 bits per heavy atom. The zero-order valence-corrected chi connectivity index (χ0v) is 16.6. The molecular formula is C25H17N3O3. The molecule has 1 N–H and O–H groups in total. The zero-order chi connectivity index (χ0) is 22.0. The second-order valence-electron chi connectivity index (χ2n) is 7.08. The van der Waals surface area contributed by atoms with Crippen molar-refractivity contribution >= 4 is 28.4 Å². The lowest BCUT2D eigenvalue weighted by molar-refractivity contribution is -0.384. The number of nitriles is 1. The second-order valence-corrected chi connectivity index (χ2v) is 7.08. The lowest BCUT2D eigenvalue weighted by Crippen LogP contribution is -2.03. The van der Waals surface area contributed by atoms with Gasteiger partial charge in [-0.25, -0.2) is 0 Å². The van der Waals surface area contributed by atoms with Crippen LogP contribution in [0.15, 0.2) is 78.4 Å². The first-order valence-corrected chi connectivity index (χ1v) is 9.57. The minimum atomic E-state index is -0.567. The highest BCUT2D eigenvalue weighted by Crippen LogP contribution is 2.34. The predicted molar refractivity (Wildman–Crippen MR) is 119 cm³/mol. The molecule has 0 atom stereocenters. The Kier molecular flexibility index (Phi) is 5.17. The minimum Gasteiger partial charge on any atom is -0.354 e. The van der Waals surface area contributed by atoms with Gasteiger partial charge in [0.1, 0.15) is 11.6 Å². The maximum absolute atomic E-state index is 13.0. The van der Waals surface area contributed by atoms with Crippen molar-refractivity contribution in [3.63, 3.8) is 0 Å². The molecule has 1 heterocycles. The summed E-state index contributed by atoms with van der Waals surface area (Å²) >= 11 is 0. The number of carbonyl (C=O) groups excluding carboxylic acids is 1. The monoisotopic (exact) mass is 407 g/mol. The van der Waals surface area contributed by atoms with E-state index in [1.54, 1.807) is 6.08 Å². The lowest BCUT2D eigenvalue weighted by Gasteiger charge is -2.03. The topological polar surface area (TPSA) is 99.8 Å². The van der Waals surface area contributed by atoms with Crippen LogP contribution in [-0.4, -0.2) is 15.7 Å². The normalized spacial score (nSPS) is 11.3. The first kappa shape index (κ1) is 19.8. The number of Topliss-reactive ketones (excluding diaryl/α,β-unsaturated/α-hetero) is 1. The molecule has 0 saturated heterocycles. The van der Waals surface area contributed by atoms with E-state index in [0.717, 1.165) is 33.3 Å². The third-order valence-electron chi connectivity index (χ3n) is 5.12. The van der Waals surface area contributed by atoms with Crippen LogP contribution in [0.25, 0.3) is 28.2 Å². The van der Waals surface area contributed by atoms with Gasteiger partial charge < -0.3 is 4.98 Å². The number of nitrogens with zero attached hydrogens (tertiary/aromatic N) is 2. The molecule has 6 heteroatoms. The Balaban J connectivity index is 1.90. The number of carbonyl (C=O) groups is 1. The molecule has 31 heavy (non-hydrogen) atoms. The number of hydrogen-bond donors (Lipinski definition) is 1. The Bertz CT molecular complexity index is 1390. The van der Waals surface area contributed by atoms with Crippen LogP contribution >= 0.6 is 0 Å². The molecule has 0 aliphatic rings. The first-order chi connectivity index (χ1) is 15.0. The number of benzene rings is 3. The van der Waals surface area contributed by atoms with Crippen molar-refractivity contribution in [1.29, 1.82) is 5.26 Å². The molecule has 1 aromatic heterocycles. The number of aromatic nitrogens is 1. The van der Waals surface area contributed by atoms with Crippen molar-refractivity contribution in [3.8, 4) is 17.3 Å². The van der Waals surface area contributed by atoms with Gasteiger partial charge in [0.2, 0.25) is 5.78 Å². The predicted octanol–water partition coefficient (Wildman–Crippen LogP) is 5.84. The summed E-state index contributed by atoms with van der Waals surface area (Å²) in [7, 11) is 0. The molecule has 0 aliphatic carbocycles. The van der Waals surface area contributed by atoms with E-state index >= 15 is 0 Å². The number of aryl methyl sites for hydroxylation is 1. The largest absolute Gasteiger partial charge is 0.354 e. The molecule has 0 amide bonds. The van der Waals surface area contributed by atoms with Crippen LogP contribution in [0, 0.1) is 28.4 Å². The summed E-state index contributed by atoms with van der Waals surface area (Å²) in [6.07, 6.45) is 1.56. The molecule has 0 aliphatic heterocycles. The molecule has 0 fully saturated rings. The van der Waals surface area contributed by atoms with Gasteiger partial charge in [-0.05, 0) is 24.1 Å². The van der Waals surface area contributed by atoms with Gasteiger partial charge in [0.05, 0.1) is 10.6 Å². The first-order valence-electron chi connectivity index (χ1n) is 9.57. The Morgan fingerprint density at radius 3 is 2.52 bits per heavy atom. The average molecular weight is 407 g/mol. The number of nitro benzene ring substituents is 1. The number of allylic oxidation sites excluding steroid dienone is 1. The number of nitrogens with one attached hydrogen (secondary N) is 1. The number of hydrogen-bond acceptors (Lipinski definition) is 4. The van der Waals surface area contributed by atoms with Crippen molar-refractivity contribution in [3.05, 3.63) is 105 Å². The van der Waals surface area contributed by atoms with Gasteiger partial charge in [0, 0.05) is 34.2 Å². The quantitative estimate of drug-likeness (QED) is 0.148. The molecule has 4 aromatic rings. The van der Waals surface area contributed by atoms with Gasteiger partial charge in [0.15, 0.2) is 0 Å². The standard InChI is InChI=1S/C25H17N3O3/c1-16-7-5-12-21-22(24(27-23(16)21)17-8-3-2-4-9-17)14-19(15-26)25(29)18-10-6-11-20(13-18)28(30)31/h2-14,27H,1H3/b19-14+. The highest BCUT2D eigenvalue weighted by molar-refractivity contribution is 6.15. The summed E-state index contributed by atoms with van der Waals surface area (Å²) in [5.41, 5.74) is 4.20. The van der Waals surface area contributed by atoms with Crippen LogP contribution in [0.1, 0.15) is 21.5 Å². The maximum Gasteiger partial charge on any atom is 0.270 e. The molecule has 6 nitrogen and oxygen atoms in total. The summed E-state index contributed by atoms with van der Waals surface area (Å²) in [6.45, 7) is 1.99. The molecule has 0 bridgehead atoms. The number of fused-ring (bicyclic) bond motifs is 1. The smallest absolute Gasteiger partial charge is 0.270 e. The maximum atomic E-state index is 13.0. The second kappa shape index (κ2) is 8.09. The molecule has 4 rings (SSSR count). The third kappa shape index (κ3) is 3.72. The Hall–Kier alpha value is -4.50. The van der Waals surface area contributed by atoms with E-state index in [4.69, 9.17) is 0 Å². The fourth-order valence-electron chi connectivity index (χ4n) is 3.58.